The van der Waals surface area contributed by atoms with Crippen molar-refractivity contribution < 1.29 is 9.90 Å². The summed E-state index contributed by atoms with van der Waals surface area (Å²) in [7, 11) is 1.99. The second-order valence-electron chi connectivity index (χ2n) is 5.24. The summed E-state index contributed by atoms with van der Waals surface area (Å²) in [4.78, 5) is 14.5. The molecular formula is C13H21NO2S. The zero-order valence-corrected chi connectivity index (χ0v) is 11.8. The van der Waals surface area contributed by atoms with Crippen molar-refractivity contribution >= 4 is 17.3 Å². The Morgan fingerprint density at radius 3 is 2.71 bits per heavy atom. The lowest BCUT2D eigenvalue weighted by atomic mass is 9.92. The number of hydrogen-bond donors (Lipinski definition) is 1. The molecule has 0 bridgehead atoms. The predicted octanol–water partition coefficient (Wildman–Crippen LogP) is 2.72. The van der Waals surface area contributed by atoms with Crippen molar-refractivity contribution in [3.63, 3.8) is 0 Å². The van der Waals surface area contributed by atoms with Gasteiger partial charge in [0.1, 0.15) is 0 Å². The van der Waals surface area contributed by atoms with Crippen molar-refractivity contribution in [2.24, 2.45) is 5.41 Å². The molecule has 0 aliphatic rings. The maximum absolute atomic E-state index is 11.1. The number of carboxylic acid groups (broad SMARTS) is 1. The standard InChI is InChI=1S/C13H21NO2S/c1-10(8-11-6-5-7-17-11)14(4)9-13(2,3)12(15)16/h5-7,10H,8-9H2,1-4H3,(H,15,16). The molecule has 0 saturated heterocycles. The molecule has 0 saturated carbocycles. The Hall–Kier alpha value is -0.870. The largest absolute Gasteiger partial charge is 0.481 e. The molecule has 1 N–H and O–H groups in total. The van der Waals surface area contributed by atoms with E-state index < -0.39 is 11.4 Å². The van der Waals surface area contributed by atoms with Crippen molar-refractivity contribution in [2.75, 3.05) is 13.6 Å². The van der Waals surface area contributed by atoms with Gasteiger partial charge in [0.25, 0.3) is 0 Å². The lowest BCUT2D eigenvalue weighted by Crippen LogP contribution is -2.41. The van der Waals surface area contributed by atoms with Crippen LogP contribution in [0.4, 0.5) is 0 Å². The molecule has 1 rings (SSSR count). The number of likely N-dealkylation sites (N-methyl/N-ethyl adjacent to an activating group) is 1. The Labute approximate surface area is 107 Å². The van der Waals surface area contributed by atoms with Crippen molar-refractivity contribution in [1.29, 1.82) is 0 Å². The highest BCUT2D eigenvalue weighted by Gasteiger charge is 2.29. The molecule has 0 fully saturated rings. The molecule has 96 valence electrons. The molecule has 1 unspecified atom stereocenters. The zero-order valence-electron chi connectivity index (χ0n) is 10.9. The third-order valence-corrected chi connectivity index (χ3v) is 3.95. The van der Waals surface area contributed by atoms with Crippen molar-refractivity contribution in [1.82, 2.24) is 4.90 Å². The van der Waals surface area contributed by atoms with Gasteiger partial charge in [0, 0.05) is 17.5 Å². The minimum atomic E-state index is -0.743. The van der Waals surface area contributed by atoms with Crippen LogP contribution in [-0.2, 0) is 11.2 Å². The first-order valence-corrected chi connectivity index (χ1v) is 6.67. The summed E-state index contributed by atoms with van der Waals surface area (Å²) in [5, 5.41) is 11.2. The predicted molar refractivity (Wildman–Crippen MR) is 71.5 cm³/mol. The van der Waals surface area contributed by atoms with E-state index in [0.29, 0.717) is 12.6 Å². The van der Waals surface area contributed by atoms with Crippen LogP contribution in [0.2, 0.25) is 0 Å². The number of thiophene rings is 1. The van der Waals surface area contributed by atoms with Gasteiger partial charge in [-0.15, -0.1) is 11.3 Å². The van der Waals surface area contributed by atoms with E-state index in [1.807, 2.05) is 13.1 Å². The molecule has 1 atom stereocenters. The number of carboxylic acids is 1. The van der Waals surface area contributed by atoms with Gasteiger partial charge in [-0.05, 0) is 45.7 Å². The first kappa shape index (κ1) is 14.2. The fourth-order valence-electron chi connectivity index (χ4n) is 1.72. The van der Waals surface area contributed by atoms with Gasteiger partial charge in [-0.1, -0.05) is 6.07 Å². The number of nitrogens with zero attached hydrogens (tertiary/aromatic N) is 1. The van der Waals surface area contributed by atoms with E-state index in [2.05, 4.69) is 23.3 Å². The van der Waals surface area contributed by atoms with E-state index in [0.717, 1.165) is 6.42 Å². The van der Waals surface area contributed by atoms with Crippen LogP contribution >= 0.6 is 11.3 Å². The normalized spacial score (nSPS) is 13.9. The summed E-state index contributed by atoms with van der Waals surface area (Å²) in [6.07, 6.45) is 0.976. The van der Waals surface area contributed by atoms with Gasteiger partial charge in [0.15, 0.2) is 0 Å². The summed E-state index contributed by atoms with van der Waals surface area (Å²) in [5.74, 6) is -0.743. The highest BCUT2D eigenvalue weighted by atomic mass is 32.1. The Bertz CT molecular complexity index is 360. The first-order valence-electron chi connectivity index (χ1n) is 5.79. The minimum Gasteiger partial charge on any atom is -0.481 e. The van der Waals surface area contributed by atoms with Gasteiger partial charge in [0.2, 0.25) is 0 Å². The molecule has 0 aliphatic carbocycles. The van der Waals surface area contributed by atoms with Crippen molar-refractivity contribution in [3.8, 4) is 0 Å². The number of rotatable bonds is 6. The molecule has 0 aromatic carbocycles. The summed E-state index contributed by atoms with van der Waals surface area (Å²) in [6.45, 7) is 6.24. The van der Waals surface area contributed by atoms with Gasteiger partial charge in [0.05, 0.1) is 5.41 Å². The van der Waals surface area contributed by atoms with Crippen molar-refractivity contribution in [3.05, 3.63) is 22.4 Å². The van der Waals surface area contributed by atoms with Crippen LogP contribution < -0.4 is 0 Å². The highest BCUT2D eigenvalue weighted by molar-refractivity contribution is 7.09. The Morgan fingerprint density at radius 2 is 2.24 bits per heavy atom. The van der Waals surface area contributed by atoms with Gasteiger partial charge in [-0.2, -0.15) is 0 Å². The molecule has 1 aromatic heterocycles. The third kappa shape index (κ3) is 4.13. The first-order chi connectivity index (χ1) is 7.83. The van der Waals surface area contributed by atoms with Crippen LogP contribution in [-0.4, -0.2) is 35.6 Å². The van der Waals surface area contributed by atoms with E-state index in [1.54, 1.807) is 25.2 Å². The van der Waals surface area contributed by atoms with Crippen LogP contribution in [0.3, 0.4) is 0 Å². The topological polar surface area (TPSA) is 40.5 Å². The van der Waals surface area contributed by atoms with E-state index in [1.165, 1.54) is 4.88 Å². The van der Waals surface area contributed by atoms with Crippen LogP contribution in [0, 0.1) is 5.41 Å². The van der Waals surface area contributed by atoms with Crippen LogP contribution in [0.15, 0.2) is 17.5 Å². The molecule has 0 radical (unpaired) electrons. The number of aliphatic carboxylic acids is 1. The summed E-state index contributed by atoms with van der Waals surface area (Å²) < 4.78 is 0. The lowest BCUT2D eigenvalue weighted by molar-refractivity contribution is -0.148. The third-order valence-electron chi connectivity index (χ3n) is 3.05. The molecule has 1 heterocycles. The fourth-order valence-corrected chi connectivity index (χ4v) is 2.55. The Morgan fingerprint density at radius 1 is 1.59 bits per heavy atom. The second-order valence-corrected chi connectivity index (χ2v) is 6.27. The van der Waals surface area contributed by atoms with Crippen LogP contribution in [0.25, 0.3) is 0 Å². The Kier molecular flexibility index (Phi) is 4.71. The Balaban J connectivity index is 2.52. The average molecular weight is 255 g/mol. The van der Waals surface area contributed by atoms with E-state index in [-0.39, 0.29) is 0 Å². The van der Waals surface area contributed by atoms with Crippen molar-refractivity contribution in [2.45, 2.75) is 33.2 Å². The quantitative estimate of drug-likeness (QED) is 0.849. The summed E-state index contributed by atoms with van der Waals surface area (Å²) in [6, 6.07) is 4.53. The smallest absolute Gasteiger partial charge is 0.310 e. The maximum Gasteiger partial charge on any atom is 0.310 e. The average Bonchev–Trinajstić information content (AvgIpc) is 2.69. The zero-order chi connectivity index (χ0) is 13.1. The molecule has 0 amide bonds. The molecule has 17 heavy (non-hydrogen) atoms. The highest BCUT2D eigenvalue weighted by Crippen LogP contribution is 2.20. The van der Waals surface area contributed by atoms with Crippen LogP contribution in [0.1, 0.15) is 25.6 Å². The second kappa shape index (κ2) is 5.65. The fraction of sp³-hybridized carbons (Fsp3) is 0.615. The number of hydrogen-bond acceptors (Lipinski definition) is 3. The molecular weight excluding hydrogens is 234 g/mol. The van der Waals surface area contributed by atoms with Gasteiger partial charge < -0.3 is 10.0 Å². The minimum absolute atomic E-state index is 0.354. The monoisotopic (exact) mass is 255 g/mol. The molecule has 3 nitrogen and oxygen atoms in total. The molecule has 0 aliphatic heterocycles. The van der Waals surface area contributed by atoms with Crippen LogP contribution in [0.5, 0.6) is 0 Å². The molecule has 0 spiro atoms. The van der Waals surface area contributed by atoms with E-state index in [9.17, 15) is 4.79 Å². The van der Waals surface area contributed by atoms with Gasteiger partial charge in [-0.25, -0.2) is 0 Å². The van der Waals surface area contributed by atoms with Gasteiger partial charge >= 0.3 is 5.97 Å². The van der Waals surface area contributed by atoms with E-state index in [4.69, 9.17) is 5.11 Å². The summed E-state index contributed by atoms with van der Waals surface area (Å²) >= 11 is 1.75. The SMILES string of the molecule is CC(Cc1cccs1)N(C)CC(C)(C)C(=O)O. The maximum atomic E-state index is 11.1. The summed E-state index contributed by atoms with van der Waals surface area (Å²) in [5.41, 5.74) is -0.696. The molecule has 1 aromatic rings. The van der Waals surface area contributed by atoms with Gasteiger partial charge in [-0.3, -0.25) is 4.79 Å². The lowest BCUT2D eigenvalue weighted by Gasteiger charge is -2.31. The number of carbonyl (C=O) groups is 1. The van der Waals surface area contributed by atoms with E-state index >= 15 is 0 Å². The molecule has 4 heteroatoms.